The minimum absolute atomic E-state index is 0.809. The van der Waals surface area contributed by atoms with Crippen LogP contribution in [0.15, 0.2) is 24.5 Å². The van der Waals surface area contributed by atoms with Gasteiger partial charge in [-0.1, -0.05) is 6.07 Å². The Hall–Kier alpha value is -1.88. The highest BCUT2D eigenvalue weighted by Gasteiger charge is 2.05. The standard InChI is InChI=1S/C14H21N5/c1-11-7-15-13(17-11)10-19(4)9-12-5-6-14(16-8-12)18(2)3/h5-8H,9-10H2,1-4H3,(H,15,17). The lowest BCUT2D eigenvalue weighted by molar-refractivity contribution is 0.311. The fourth-order valence-corrected chi connectivity index (χ4v) is 1.95. The fourth-order valence-electron chi connectivity index (χ4n) is 1.95. The number of rotatable bonds is 5. The second-order valence-electron chi connectivity index (χ2n) is 5.10. The van der Waals surface area contributed by atoms with Gasteiger partial charge in [0.2, 0.25) is 0 Å². The van der Waals surface area contributed by atoms with Gasteiger partial charge in [0.15, 0.2) is 0 Å². The Morgan fingerprint density at radius 2 is 1.84 bits per heavy atom. The average Bonchev–Trinajstić information content (AvgIpc) is 2.75. The zero-order chi connectivity index (χ0) is 13.8. The Morgan fingerprint density at radius 3 is 2.37 bits per heavy atom. The molecule has 0 aliphatic carbocycles. The number of aromatic amines is 1. The van der Waals surface area contributed by atoms with Crippen molar-refractivity contribution in [1.82, 2.24) is 19.9 Å². The van der Waals surface area contributed by atoms with Gasteiger partial charge in [0, 0.05) is 38.7 Å². The molecule has 0 radical (unpaired) electrons. The van der Waals surface area contributed by atoms with Gasteiger partial charge in [-0.15, -0.1) is 0 Å². The number of hydrogen-bond acceptors (Lipinski definition) is 4. The van der Waals surface area contributed by atoms with Crippen molar-refractivity contribution in [3.05, 3.63) is 41.6 Å². The molecule has 0 amide bonds. The van der Waals surface area contributed by atoms with E-state index in [0.717, 1.165) is 30.4 Å². The molecule has 0 saturated heterocycles. The van der Waals surface area contributed by atoms with Gasteiger partial charge in [0.1, 0.15) is 11.6 Å². The van der Waals surface area contributed by atoms with E-state index in [1.165, 1.54) is 5.56 Å². The first-order valence-electron chi connectivity index (χ1n) is 6.36. The molecule has 0 bridgehead atoms. The minimum Gasteiger partial charge on any atom is -0.363 e. The van der Waals surface area contributed by atoms with E-state index in [1.807, 2.05) is 44.4 Å². The molecular formula is C14H21N5. The Labute approximate surface area is 114 Å². The molecule has 0 fully saturated rings. The number of imidazole rings is 1. The number of aryl methyl sites for hydroxylation is 1. The maximum atomic E-state index is 4.42. The molecule has 19 heavy (non-hydrogen) atoms. The van der Waals surface area contributed by atoms with Gasteiger partial charge in [0.05, 0.1) is 6.54 Å². The van der Waals surface area contributed by atoms with E-state index in [0.29, 0.717) is 0 Å². The molecule has 0 aliphatic rings. The third kappa shape index (κ3) is 3.79. The lowest BCUT2D eigenvalue weighted by Gasteiger charge is -2.16. The fraction of sp³-hybridized carbons (Fsp3) is 0.429. The monoisotopic (exact) mass is 259 g/mol. The lowest BCUT2D eigenvalue weighted by atomic mass is 10.2. The molecule has 0 aromatic carbocycles. The Morgan fingerprint density at radius 1 is 1.05 bits per heavy atom. The molecule has 2 heterocycles. The first-order chi connectivity index (χ1) is 9.04. The van der Waals surface area contributed by atoms with Crippen molar-refractivity contribution in [3.63, 3.8) is 0 Å². The van der Waals surface area contributed by atoms with Crippen molar-refractivity contribution in [3.8, 4) is 0 Å². The summed E-state index contributed by atoms with van der Waals surface area (Å²) in [5.41, 5.74) is 2.30. The average molecular weight is 259 g/mol. The quantitative estimate of drug-likeness (QED) is 0.889. The Bertz CT molecular complexity index is 515. The van der Waals surface area contributed by atoms with Crippen molar-refractivity contribution >= 4 is 5.82 Å². The smallest absolute Gasteiger partial charge is 0.127 e. The van der Waals surface area contributed by atoms with Crippen LogP contribution in [0.5, 0.6) is 0 Å². The van der Waals surface area contributed by atoms with E-state index in [4.69, 9.17) is 0 Å². The maximum Gasteiger partial charge on any atom is 0.127 e. The van der Waals surface area contributed by atoms with E-state index in [1.54, 1.807) is 0 Å². The number of nitrogens with one attached hydrogen (secondary N) is 1. The second kappa shape index (κ2) is 5.84. The highest BCUT2D eigenvalue weighted by atomic mass is 15.1. The zero-order valence-electron chi connectivity index (χ0n) is 12.0. The summed E-state index contributed by atoms with van der Waals surface area (Å²) >= 11 is 0. The highest BCUT2D eigenvalue weighted by molar-refractivity contribution is 5.37. The van der Waals surface area contributed by atoms with Crippen LogP contribution in [-0.4, -0.2) is 41.0 Å². The highest BCUT2D eigenvalue weighted by Crippen LogP contribution is 2.10. The summed E-state index contributed by atoms with van der Waals surface area (Å²) in [6.45, 7) is 3.68. The molecular weight excluding hydrogens is 238 g/mol. The molecule has 5 nitrogen and oxygen atoms in total. The van der Waals surface area contributed by atoms with Crippen LogP contribution in [0.4, 0.5) is 5.82 Å². The minimum atomic E-state index is 0.809. The number of pyridine rings is 1. The van der Waals surface area contributed by atoms with Crippen LogP contribution in [0.1, 0.15) is 17.1 Å². The lowest BCUT2D eigenvalue weighted by Crippen LogP contribution is -2.18. The largest absolute Gasteiger partial charge is 0.363 e. The molecule has 0 aliphatic heterocycles. The molecule has 0 unspecified atom stereocenters. The normalized spacial score (nSPS) is 11.0. The van der Waals surface area contributed by atoms with E-state index in [9.17, 15) is 0 Å². The van der Waals surface area contributed by atoms with Crippen LogP contribution in [0, 0.1) is 6.92 Å². The predicted molar refractivity (Wildman–Crippen MR) is 77.1 cm³/mol. The summed E-state index contributed by atoms with van der Waals surface area (Å²) in [6.07, 6.45) is 3.79. The third-order valence-electron chi connectivity index (χ3n) is 2.89. The maximum absolute atomic E-state index is 4.42. The summed E-state index contributed by atoms with van der Waals surface area (Å²) in [6, 6.07) is 4.16. The number of H-pyrrole nitrogens is 1. The topological polar surface area (TPSA) is 48.1 Å². The van der Waals surface area contributed by atoms with Crippen molar-refractivity contribution in [2.75, 3.05) is 26.0 Å². The van der Waals surface area contributed by atoms with E-state index < -0.39 is 0 Å². The van der Waals surface area contributed by atoms with Crippen LogP contribution in [0.3, 0.4) is 0 Å². The molecule has 0 atom stereocenters. The Balaban J connectivity index is 1.93. The van der Waals surface area contributed by atoms with E-state index >= 15 is 0 Å². The molecule has 2 aromatic heterocycles. The summed E-state index contributed by atoms with van der Waals surface area (Å²) in [4.78, 5) is 16.2. The zero-order valence-corrected chi connectivity index (χ0v) is 12.0. The SMILES string of the molecule is Cc1cnc(CN(C)Cc2ccc(N(C)C)nc2)[nH]1. The summed E-state index contributed by atoms with van der Waals surface area (Å²) in [5, 5.41) is 0. The Kier molecular flexibility index (Phi) is 4.16. The number of aromatic nitrogens is 3. The van der Waals surface area contributed by atoms with Gasteiger partial charge in [-0.25, -0.2) is 9.97 Å². The molecule has 0 spiro atoms. The van der Waals surface area contributed by atoms with Gasteiger partial charge in [-0.3, -0.25) is 4.90 Å². The summed E-state index contributed by atoms with van der Waals surface area (Å²) in [5.74, 6) is 1.98. The van der Waals surface area contributed by atoms with Crippen LogP contribution in [0.25, 0.3) is 0 Å². The molecule has 0 saturated carbocycles. The van der Waals surface area contributed by atoms with Crippen molar-refractivity contribution in [2.24, 2.45) is 0 Å². The summed E-state index contributed by atoms with van der Waals surface area (Å²) < 4.78 is 0. The van der Waals surface area contributed by atoms with Gasteiger partial charge in [0.25, 0.3) is 0 Å². The van der Waals surface area contributed by atoms with Gasteiger partial charge in [-0.05, 0) is 25.6 Å². The second-order valence-corrected chi connectivity index (χ2v) is 5.10. The van der Waals surface area contributed by atoms with Crippen molar-refractivity contribution in [2.45, 2.75) is 20.0 Å². The number of anilines is 1. The third-order valence-corrected chi connectivity index (χ3v) is 2.89. The number of hydrogen-bond donors (Lipinski definition) is 1. The molecule has 102 valence electrons. The van der Waals surface area contributed by atoms with Gasteiger partial charge in [-0.2, -0.15) is 0 Å². The van der Waals surface area contributed by atoms with Crippen LogP contribution >= 0.6 is 0 Å². The first-order valence-corrected chi connectivity index (χ1v) is 6.36. The van der Waals surface area contributed by atoms with Gasteiger partial charge < -0.3 is 9.88 Å². The summed E-state index contributed by atoms with van der Waals surface area (Å²) in [7, 11) is 6.07. The number of nitrogens with zero attached hydrogens (tertiary/aromatic N) is 4. The molecule has 5 heteroatoms. The van der Waals surface area contributed by atoms with Crippen LogP contribution in [0.2, 0.25) is 0 Å². The first kappa shape index (κ1) is 13.5. The van der Waals surface area contributed by atoms with E-state index in [2.05, 4.69) is 33.0 Å². The molecule has 2 aromatic rings. The molecule has 2 rings (SSSR count). The van der Waals surface area contributed by atoms with Crippen molar-refractivity contribution in [1.29, 1.82) is 0 Å². The van der Waals surface area contributed by atoms with Crippen molar-refractivity contribution < 1.29 is 0 Å². The van der Waals surface area contributed by atoms with Crippen LogP contribution in [-0.2, 0) is 13.1 Å². The van der Waals surface area contributed by atoms with Gasteiger partial charge >= 0.3 is 0 Å². The predicted octanol–water partition coefficient (Wildman–Crippen LogP) is 1.81. The van der Waals surface area contributed by atoms with Crippen LogP contribution < -0.4 is 4.90 Å². The molecule has 1 N–H and O–H groups in total. The van der Waals surface area contributed by atoms with E-state index in [-0.39, 0.29) is 0 Å².